The molecule has 0 aromatic rings. The minimum Gasteiger partial charge on any atom is -0.355 e. The molecule has 174 valence electrons. The number of nitrogens with two attached hydrogens (primary N) is 1. The van der Waals surface area contributed by atoms with Gasteiger partial charge in [0, 0.05) is 43.1 Å². The number of nitrogens with zero attached hydrogens (tertiary/aromatic N) is 1. The highest BCUT2D eigenvalue weighted by molar-refractivity contribution is 8.76. The Kier molecular flexibility index (Phi) is 17.7. The van der Waals surface area contributed by atoms with Crippen LogP contribution in [0, 0.1) is 5.41 Å². The SMILES string of the molecule is CC(CCN(CCCCN)C(C)C)NCCSSCCNC(=O)CCC(C)(C)C. The van der Waals surface area contributed by atoms with Crippen molar-refractivity contribution in [2.45, 2.75) is 85.7 Å². The van der Waals surface area contributed by atoms with Crippen molar-refractivity contribution in [2.75, 3.05) is 44.2 Å². The Labute approximate surface area is 188 Å². The molecule has 0 saturated carbocycles. The van der Waals surface area contributed by atoms with Gasteiger partial charge in [0.2, 0.25) is 5.91 Å². The number of hydrogen-bond acceptors (Lipinski definition) is 6. The molecule has 1 amide bonds. The first kappa shape index (κ1) is 29.1. The first-order valence-corrected chi connectivity index (χ1v) is 13.8. The fourth-order valence-corrected chi connectivity index (χ4v) is 4.65. The van der Waals surface area contributed by atoms with Gasteiger partial charge in [-0.2, -0.15) is 0 Å². The maximum Gasteiger partial charge on any atom is 0.220 e. The highest BCUT2D eigenvalue weighted by Gasteiger charge is 2.13. The van der Waals surface area contributed by atoms with Gasteiger partial charge in [0.05, 0.1) is 0 Å². The largest absolute Gasteiger partial charge is 0.355 e. The van der Waals surface area contributed by atoms with E-state index in [0.717, 1.165) is 57.1 Å². The summed E-state index contributed by atoms with van der Waals surface area (Å²) in [5.74, 6) is 2.24. The van der Waals surface area contributed by atoms with Gasteiger partial charge >= 0.3 is 0 Å². The fourth-order valence-electron chi connectivity index (χ4n) is 2.82. The number of carbonyl (C=O) groups excluding carboxylic acids is 1. The van der Waals surface area contributed by atoms with E-state index in [-0.39, 0.29) is 11.3 Å². The lowest BCUT2D eigenvalue weighted by atomic mass is 9.90. The molecule has 1 unspecified atom stereocenters. The highest BCUT2D eigenvalue weighted by atomic mass is 33.1. The molecule has 0 aliphatic rings. The van der Waals surface area contributed by atoms with E-state index in [2.05, 4.69) is 57.1 Å². The summed E-state index contributed by atoms with van der Waals surface area (Å²) in [6.07, 6.45) is 5.06. The topological polar surface area (TPSA) is 70.4 Å². The van der Waals surface area contributed by atoms with Gasteiger partial charge in [-0.05, 0) is 71.5 Å². The van der Waals surface area contributed by atoms with E-state index in [1.54, 1.807) is 0 Å². The molecule has 0 fully saturated rings. The van der Waals surface area contributed by atoms with Crippen LogP contribution in [0.25, 0.3) is 0 Å². The minimum atomic E-state index is 0.180. The summed E-state index contributed by atoms with van der Waals surface area (Å²) in [7, 11) is 3.74. The molecule has 0 saturated heterocycles. The minimum absolute atomic E-state index is 0.180. The van der Waals surface area contributed by atoms with Crippen molar-refractivity contribution in [3.63, 3.8) is 0 Å². The van der Waals surface area contributed by atoms with E-state index in [1.165, 1.54) is 12.8 Å². The standard InChI is InChI=1S/C22H48N4OS2/c1-19(2)26(15-8-7-12-23)16-10-20(3)24-13-17-28-29-18-14-25-21(27)9-11-22(4,5)6/h19-20,24H,7-18,23H2,1-6H3,(H,25,27). The quantitative estimate of drug-likeness (QED) is 0.216. The van der Waals surface area contributed by atoms with Crippen molar-refractivity contribution in [3.05, 3.63) is 0 Å². The second-order valence-electron chi connectivity index (χ2n) is 9.32. The van der Waals surface area contributed by atoms with E-state index in [0.29, 0.717) is 18.5 Å². The average Bonchev–Trinajstić information content (AvgIpc) is 2.64. The van der Waals surface area contributed by atoms with E-state index in [1.807, 2.05) is 21.6 Å². The monoisotopic (exact) mass is 448 g/mol. The van der Waals surface area contributed by atoms with Crippen LogP contribution in [0.2, 0.25) is 0 Å². The molecule has 0 aliphatic heterocycles. The van der Waals surface area contributed by atoms with E-state index in [4.69, 9.17) is 5.73 Å². The molecular weight excluding hydrogens is 400 g/mol. The Bertz CT molecular complexity index is 403. The Morgan fingerprint density at radius 1 is 1.03 bits per heavy atom. The number of nitrogens with one attached hydrogen (secondary N) is 2. The summed E-state index contributed by atoms with van der Waals surface area (Å²) in [5.41, 5.74) is 5.83. The molecule has 0 heterocycles. The van der Waals surface area contributed by atoms with Crippen molar-refractivity contribution >= 4 is 27.5 Å². The van der Waals surface area contributed by atoms with Gasteiger partial charge in [-0.1, -0.05) is 42.4 Å². The maximum atomic E-state index is 11.8. The Morgan fingerprint density at radius 2 is 1.69 bits per heavy atom. The zero-order valence-corrected chi connectivity index (χ0v) is 21.5. The molecule has 0 radical (unpaired) electrons. The summed E-state index contributed by atoms with van der Waals surface area (Å²) in [6, 6.07) is 1.14. The molecule has 1 atom stereocenters. The highest BCUT2D eigenvalue weighted by Crippen LogP contribution is 2.21. The molecule has 0 bridgehead atoms. The van der Waals surface area contributed by atoms with Gasteiger partial charge in [-0.25, -0.2) is 0 Å². The lowest BCUT2D eigenvalue weighted by Gasteiger charge is -2.28. The number of rotatable bonds is 18. The third-order valence-corrected chi connectivity index (χ3v) is 7.26. The van der Waals surface area contributed by atoms with Crippen LogP contribution in [0.1, 0.15) is 73.6 Å². The lowest BCUT2D eigenvalue weighted by Crippen LogP contribution is -2.37. The summed E-state index contributed by atoms with van der Waals surface area (Å²) in [5, 5.41) is 6.65. The maximum absolute atomic E-state index is 11.8. The summed E-state index contributed by atoms with van der Waals surface area (Å²) >= 11 is 0. The smallest absolute Gasteiger partial charge is 0.220 e. The Hall–Kier alpha value is 0.0500. The van der Waals surface area contributed by atoms with E-state index < -0.39 is 0 Å². The Morgan fingerprint density at radius 3 is 2.28 bits per heavy atom. The number of amides is 1. The van der Waals surface area contributed by atoms with E-state index in [9.17, 15) is 4.79 Å². The molecular formula is C22H48N4OS2. The second kappa shape index (κ2) is 17.7. The van der Waals surface area contributed by atoms with Crippen LogP contribution in [-0.2, 0) is 4.79 Å². The third kappa shape index (κ3) is 19.7. The van der Waals surface area contributed by atoms with Crippen molar-refractivity contribution < 1.29 is 4.79 Å². The average molecular weight is 449 g/mol. The van der Waals surface area contributed by atoms with Crippen LogP contribution in [0.3, 0.4) is 0 Å². The molecule has 0 aromatic carbocycles. The van der Waals surface area contributed by atoms with Crippen molar-refractivity contribution in [3.8, 4) is 0 Å². The van der Waals surface area contributed by atoms with Crippen LogP contribution in [0.4, 0.5) is 0 Å². The van der Waals surface area contributed by atoms with Crippen molar-refractivity contribution in [1.82, 2.24) is 15.5 Å². The number of unbranched alkanes of at least 4 members (excludes halogenated alkanes) is 1. The van der Waals surface area contributed by atoms with Crippen LogP contribution < -0.4 is 16.4 Å². The molecule has 7 heteroatoms. The Balaban J connectivity index is 3.61. The van der Waals surface area contributed by atoms with Crippen LogP contribution >= 0.6 is 21.6 Å². The molecule has 0 aromatic heterocycles. The van der Waals surface area contributed by atoms with Gasteiger partial charge < -0.3 is 21.3 Å². The fraction of sp³-hybridized carbons (Fsp3) is 0.955. The predicted octanol–water partition coefficient (Wildman–Crippen LogP) is 4.13. The number of hydrogen-bond donors (Lipinski definition) is 3. The van der Waals surface area contributed by atoms with Crippen molar-refractivity contribution in [1.29, 1.82) is 0 Å². The summed E-state index contributed by atoms with van der Waals surface area (Å²) in [6.45, 7) is 18.2. The molecule has 0 spiro atoms. The van der Waals surface area contributed by atoms with Crippen LogP contribution in [0.5, 0.6) is 0 Å². The zero-order valence-electron chi connectivity index (χ0n) is 19.9. The molecule has 5 nitrogen and oxygen atoms in total. The second-order valence-corrected chi connectivity index (χ2v) is 12.0. The normalized spacial score (nSPS) is 13.3. The summed E-state index contributed by atoms with van der Waals surface area (Å²) in [4.78, 5) is 14.3. The zero-order chi connectivity index (χ0) is 22.1. The van der Waals surface area contributed by atoms with Gasteiger partial charge in [0.1, 0.15) is 0 Å². The summed E-state index contributed by atoms with van der Waals surface area (Å²) < 4.78 is 0. The van der Waals surface area contributed by atoms with E-state index >= 15 is 0 Å². The molecule has 0 rings (SSSR count). The molecule has 29 heavy (non-hydrogen) atoms. The van der Waals surface area contributed by atoms with Crippen LogP contribution in [0.15, 0.2) is 0 Å². The lowest BCUT2D eigenvalue weighted by molar-refractivity contribution is -0.121. The molecule has 0 aliphatic carbocycles. The first-order chi connectivity index (χ1) is 13.7. The van der Waals surface area contributed by atoms with Crippen molar-refractivity contribution in [2.24, 2.45) is 11.1 Å². The predicted molar refractivity (Wildman–Crippen MR) is 134 cm³/mol. The molecule has 4 N–H and O–H groups in total. The third-order valence-electron chi connectivity index (χ3n) is 4.85. The number of carbonyl (C=O) groups is 1. The van der Waals surface area contributed by atoms with Gasteiger partial charge in [0.15, 0.2) is 0 Å². The van der Waals surface area contributed by atoms with Gasteiger partial charge in [-0.3, -0.25) is 4.79 Å². The van der Waals surface area contributed by atoms with Gasteiger partial charge in [0.25, 0.3) is 0 Å². The first-order valence-electron chi connectivity index (χ1n) is 11.3. The van der Waals surface area contributed by atoms with Gasteiger partial charge in [-0.15, -0.1) is 0 Å². The van der Waals surface area contributed by atoms with Crippen LogP contribution in [-0.4, -0.2) is 67.1 Å².